The molecule has 0 aliphatic heterocycles. The molecule has 0 bridgehead atoms. The maximum absolute atomic E-state index is 14.3. The Labute approximate surface area is 143 Å². The lowest BCUT2D eigenvalue weighted by atomic mass is 10.0. The van der Waals surface area contributed by atoms with Gasteiger partial charge in [0.15, 0.2) is 5.69 Å². The smallest absolute Gasteiger partial charge is 0.384 e. The molecule has 0 aliphatic carbocycles. The average Bonchev–Trinajstić information content (AvgIpc) is 2.56. The number of benzene rings is 1. The molecule has 0 aliphatic rings. The normalized spacial score (nSPS) is 11.4. The molecule has 0 unspecified atom stereocenters. The Morgan fingerprint density at radius 3 is 2.46 bits per heavy atom. The van der Waals surface area contributed by atoms with Crippen molar-refractivity contribution in [3.05, 3.63) is 61.7 Å². The van der Waals surface area contributed by atoms with Crippen molar-refractivity contribution in [2.75, 3.05) is 19.6 Å². The third-order valence-electron chi connectivity index (χ3n) is 3.54. The molecule has 0 amide bonds. The van der Waals surface area contributed by atoms with Crippen LogP contribution >= 0.6 is 0 Å². The molecule has 0 spiro atoms. The Balaban J connectivity index is 2.77. The van der Waals surface area contributed by atoms with Crippen LogP contribution in [0.25, 0.3) is 5.69 Å². The van der Waals surface area contributed by atoms with E-state index in [9.17, 15) is 27.2 Å². The average molecular weight is 372 g/mol. The molecule has 2 aromatic rings. The molecule has 2 N–H and O–H groups in total. The maximum Gasteiger partial charge on any atom is 0.433 e. The fourth-order valence-corrected chi connectivity index (χ4v) is 2.30. The van der Waals surface area contributed by atoms with Gasteiger partial charge in [-0.1, -0.05) is 0 Å². The van der Waals surface area contributed by atoms with Crippen LogP contribution in [0.3, 0.4) is 0 Å². The number of alkyl halides is 3. The molecule has 1 aromatic heterocycles. The zero-order valence-electron chi connectivity index (χ0n) is 13.3. The zero-order chi connectivity index (χ0) is 19.6. The number of aromatic nitrogens is 2. The topological polar surface area (TPSA) is 103 Å². The standard InChI is InChI=1S/C15H12F4N4O3/c1-26-3-2-8-5-11(10(16)4-9(8)7-20)22-13(24)6-12(15(17,18)19)23(21)14(22)25/h4-6H,2-3,21H2,1H3. The van der Waals surface area contributed by atoms with Crippen LogP contribution in [0.4, 0.5) is 17.6 Å². The fourth-order valence-electron chi connectivity index (χ4n) is 2.30. The molecule has 11 heteroatoms. The van der Waals surface area contributed by atoms with Crippen LogP contribution in [0.15, 0.2) is 27.8 Å². The van der Waals surface area contributed by atoms with E-state index in [1.807, 2.05) is 0 Å². The molecule has 0 radical (unpaired) electrons. The van der Waals surface area contributed by atoms with E-state index in [1.54, 1.807) is 6.07 Å². The largest absolute Gasteiger partial charge is 0.433 e. The van der Waals surface area contributed by atoms with Crippen LogP contribution in [-0.2, 0) is 17.3 Å². The van der Waals surface area contributed by atoms with Crippen molar-refractivity contribution in [2.24, 2.45) is 0 Å². The number of hydrogen-bond donors (Lipinski definition) is 1. The van der Waals surface area contributed by atoms with Gasteiger partial charge in [-0.3, -0.25) is 4.79 Å². The number of methoxy groups -OCH3 is 1. The summed E-state index contributed by atoms with van der Waals surface area (Å²) in [6.07, 6.45) is -4.89. The number of hydrogen-bond acceptors (Lipinski definition) is 5. The van der Waals surface area contributed by atoms with Gasteiger partial charge in [0.05, 0.1) is 23.9 Å². The summed E-state index contributed by atoms with van der Waals surface area (Å²) in [6, 6.07) is 3.66. The van der Waals surface area contributed by atoms with Gasteiger partial charge in [-0.25, -0.2) is 18.4 Å². The Morgan fingerprint density at radius 1 is 1.27 bits per heavy atom. The minimum Gasteiger partial charge on any atom is -0.384 e. The van der Waals surface area contributed by atoms with Crippen molar-refractivity contribution in [3.8, 4) is 11.8 Å². The molecular formula is C15H12F4N4O3. The number of halogens is 4. The zero-order valence-corrected chi connectivity index (χ0v) is 13.3. The first-order valence-electron chi connectivity index (χ1n) is 7.05. The molecule has 2 rings (SSSR count). The number of nitriles is 1. The van der Waals surface area contributed by atoms with Gasteiger partial charge in [-0.05, 0) is 24.1 Å². The second kappa shape index (κ2) is 7.01. The number of nitrogens with zero attached hydrogens (tertiary/aromatic N) is 3. The van der Waals surface area contributed by atoms with Crippen molar-refractivity contribution < 1.29 is 22.3 Å². The summed E-state index contributed by atoms with van der Waals surface area (Å²) in [5.74, 6) is 3.99. The second-order valence-corrected chi connectivity index (χ2v) is 5.17. The highest BCUT2D eigenvalue weighted by Gasteiger charge is 2.36. The third-order valence-corrected chi connectivity index (χ3v) is 3.54. The molecule has 0 fully saturated rings. The van der Waals surface area contributed by atoms with Crippen molar-refractivity contribution in [1.82, 2.24) is 9.24 Å². The van der Waals surface area contributed by atoms with Crippen LogP contribution in [0.5, 0.6) is 0 Å². The molecule has 0 atom stereocenters. The Hall–Kier alpha value is -3.13. The first-order chi connectivity index (χ1) is 12.1. The first kappa shape index (κ1) is 19.2. The second-order valence-electron chi connectivity index (χ2n) is 5.17. The van der Waals surface area contributed by atoms with Crippen molar-refractivity contribution in [3.63, 3.8) is 0 Å². The molecule has 138 valence electrons. The van der Waals surface area contributed by atoms with Crippen molar-refractivity contribution in [1.29, 1.82) is 5.26 Å². The van der Waals surface area contributed by atoms with Gasteiger partial charge in [0, 0.05) is 13.2 Å². The van der Waals surface area contributed by atoms with Crippen molar-refractivity contribution in [2.45, 2.75) is 12.6 Å². The summed E-state index contributed by atoms with van der Waals surface area (Å²) in [5, 5.41) is 9.05. The van der Waals surface area contributed by atoms with Gasteiger partial charge >= 0.3 is 11.9 Å². The predicted molar refractivity (Wildman–Crippen MR) is 81.7 cm³/mol. The summed E-state index contributed by atoms with van der Waals surface area (Å²) >= 11 is 0. The van der Waals surface area contributed by atoms with Crippen LogP contribution in [-0.4, -0.2) is 23.0 Å². The highest BCUT2D eigenvalue weighted by atomic mass is 19.4. The summed E-state index contributed by atoms with van der Waals surface area (Å²) in [5.41, 5.74) is -5.08. The Morgan fingerprint density at radius 2 is 1.92 bits per heavy atom. The summed E-state index contributed by atoms with van der Waals surface area (Å²) in [7, 11) is 1.39. The van der Waals surface area contributed by atoms with Crippen molar-refractivity contribution >= 4 is 0 Å². The minimum absolute atomic E-state index is 0.0589. The van der Waals surface area contributed by atoms with E-state index in [2.05, 4.69) is 0 Å². The maximum atomic E-state index is 14.3. The Bertz CT molecular complexity index is 1000. The molecule has 0 saturated carbocycles. The fraction of sp³-hybridized carbons (Fsp3) is 0.267. The van der Waals surface area contributed by atoms with E-state index in [1.165, 1.54) is 7.11 Å². The number of rotatable bonds is 4. The van der Waals surface area contributed by atoms with Crippen LogP contribution < -0.4 is 17.1 Å². The van der Waals surface area contributed by atoms with E-state index in [4.69, 9.17) is 15.8 Å². The minimum atomic E-state index is -5.04. The highest BCUT2D eigenvalue weighted by Crippen LogP contribution is 2.26. The molecular weight excluding hydrogens is 360 g/mol. The van der Waals surface area contributed by atoms with E-state index < -0.39 is 34.6 Å². The van der Waals surface area contributed by atoms with Crippen LogP contribution in [0.1, 0.15) is 16.8 Å². The third kappa shape index (κ3) is 3.45. The van der Waals surface area contributed by atoms with Gasteiger partial charge in [0.25, 0.3) is 5.56 Å². The predicted octanol–water partition coefficient (Wildman–Crippen LogP) is 0.931. The van der Waals surface area contributed by atoms with Gasteiger partial charge in [-0.2, -0.15) is 18.4 Å². The summed E-state index contributed by atoms with van der Waals surface area (Å²) in [6.45, 7) is 0.156. The number of nitrogens with two attached hydrogens (primary N) is 1. The molecule has 7 nitrogen and oxygen atoms in total. The number of nitrogen functional groups attached to an aromatic ring is 1. The van der Waals surface area contributed by atoms with Crippen LogP contribution in [0, 0.1) is 17.1 Å². The number of ether oxygens (including phenoxy) is 1. The van der Waals surface area contributed by atoms with E-state index in [0.29, 0.717) is 0 Å². The summed E-state index contributed by atoms with van der Waals surface area (Å²) in [4.78, 5) is 24.2. The van der Waals surface area contributed by atoms with Crippen LogP contribution in [0.2, 0.25) is 0 Å². The van der Waals surface area contributed by atoms with Gasteiger partial charge < -0.3 is 10.6 Å². The monoisotopic (exact) mass is 372 g/mol. The molecule has 1 aromatic carbocycles. The lowest BCUT2D eigenvalue weighted by Gasteiger charge is -2.15. The van der Waals surface area contributed by atoms with E-state index in [0.717, 1.165) is 12.1 Å². The lowest BCUT2D eigenvalue weighted by Crippen LogP contribution is -2.45. The molecule has 0 saturated heterocycles. The van der Waals surface area contributed by atoms with Gasteiger partial charge in [0.1, 0.15) is 5.82 Å². The molecule has 1 heterocycles. The van der Waals surface area contributed by atoms with E-state index in [-0.39, 0.29) is 39.5 Å². The molecule has 26 heavy (non-hydrogen) atoms. The lowest BCUT2D eigenvalue weighted by molar-refractivity contribution is -0.143. The summed E-state index contributed by atoms with van der Waals surface area (Å²) < 4.78 is 57.5. The highest BCUT2D eigenvalue weighted by molar-refractivity contribution is 5.47. The Kier molecular flexibility index (Phi) is 5.17. The van der Waals surface area contributed by atoms with E-state index >= 15 is 0 Å². The quantitative estimate of drug-likeness (QED) is 0.635. The van der Waals surface area contributed by atoms with Gasteiger partial charge in [-0.15, -0.1) is 0 Å². The SMILES string of the molecule is COCCc1cc(-n2c(=O)cc(C(F)(F)F)n(N)c2=O)c(F)cc1C#N. The van der Waals surface area contributed by atoms with Gasteiger partial charge in [0.2, 0.25) is 0 Å². The first-order valence-corrected chi connectivity index (χ1v) is 7.05.